The fourth-order valence-corrected chi connectivity index (χ4v) is 2.91. The highest BCUT2D eigenvalue weighted by Crippen LogP contribution is 2.24. The summed E-state index contributed by atoms with van der Waals surface area (Å²) in [5.74, 6) is 5.76. The topological polar surface area (TPSA) is 55.9 Å². The predicted molar refractivity (Wildman–Crippen MR) is 85.2 cm³/mol. The van der Waals surface area contributed by atoms with Gasteiger partial charge in [0.2, 0.25) is 0 Å². The van der Waals surface area contributed by atoms with Gasteiger partial charge in [0.05, 0.1) is 11.7 Å². The van der Waals surface area contributed by atoms with E-state index in [-0.39, 0.29) is 6.04 Å². The summed E-state index contributed by atoms with van der Waals surface area (Å²) in [7, 11) is 1.98. The molecule has 0 amide bonds. The highest BCUT2D eigenvalue weighted by atomic mass is 79.9. The van der Waals surface area contributed by atoms with Crippen LogP contribution in [0.3, 0.4) is 0 Å². The van der Waals surface area contributed by atoms with Gasteiger partial charge in [-0.2, -0.15) is 5.10 Å². The second-order valence-electron chi connectivity index (χ2n) is 5.03. The van der Waals surface area contributed by atoms with Gasteiger partial charge < -0.3 is 0 Å². The van der Waals surface area contributed by atoms with E-state index in [0.29, 0.717) is 0 Å². The Labute approximate surface area is 128 Å². The molecule has 0 aliphatic carbocycles. The largest absolute Gasteiger partial charge is 0.272 e. The maximum Gasteiger partial charge on any atom is 0.0624 e. The van der Waals surface area contributed by atoms with Crippen molar-refractivity contribution in [2.24, 2.45) is 12.9 Å². The van der Waals surface area contributed by atoms with Crippen molar-refractivity contribution in [3.63, 3.8) is 0 Å². The smallest absolute Gasteiger partial charge is 0.0624 e. The molecule has 2 aromatic rings. The molecule has 0 bridgehead atoms. The Bertz CT molecular complexity index is 592. The summed E-state index contributed by atoms with van der Waals surface area (Å²) in [5, 5.41) is 4.49. The minimum absolute atomic E-state index is 0.0863. The van der Waals surface area contributed by atoms with Crippen molar-refractivity contribution < 1.29 is 0 Å². The first-order valence-corrected chi connectivity index (χ1v) is 7.58. The molecule has 20 heavy (non-hydrogen) atoms. The quantitative estimate of drug-likeness (QED) is 0.652. The van der Waals surface area contributed by atoms with E-state index in [9.17, 15) is 0 Å². The van der Waals surface area contributed by atoms with Gasteiger partial charge in [0.25, 0.3) is 0 Å². The van der Waals surface area contributed by atoms with Crippen molar-refractivity contribution in [3.8, 4) is 0 Å². The molecule has 1 heterocycles. The highest BCUT2D eigenvalue weighted by molar-refractivity contribution is 9.10. The molecule has 4 nitrogen and oxygen atoms in total. The number of hydrogen-bond donors (Lipinski definition) is 2. The van der Waals surface area contributed by atoms with Crippen LogP contribution in [0, 0.1) is 6.92 Å². The predicted octanol–water partition coefficient (Wildman–Crippen LogP) is 2.80. The summed E-state index contributed by atoms with van der Waals surface area (Å²) < 4.78 is 3.03. The van der Waals surface area contributed by atoms with Crippen LogP contribution in [-0.2, 0) is 19.9 Å². The lowest BCUT2D eigenvalue weighted by Crippen LogP contribution is -2.30. The SMILES string of the molecule is CCc1cc(CC(NN)c2ccc(Br)cc2C)n(C)n1. The van der Waals surface area contributed by atoms with E-state index in [4.69, 9.17) is 5.84 Å². The summed E-state index contributed by atoms with van der Waals surface area (Å²) in [6.45, 7) is 4.22. The van der Waals surface area contributed by atoms with Crippen molar-refractivity contribution in [1.82, 2.24) is 15.2 Å². The van der Waals surface area contributed by atoms with Crippen LogP contribution in [0.4, 0.5) is 0 Å². The van der Waals surface area contributed by atoms with E-state index < -0.39 is 0 Å². The van der Waals surface area contributed by atoms with Gasteiger partial charge in [-0.05, 0) is 42.7 Å². The van der Waals surface area contributed by atoms with Gasteiger partial charge in [0.1, 0.15) is 0 Å². The molecule has 2 rings (SSSR count). The number of rotatable bonds is 5. The number of hydrogen-bond acceptors (Lipinski definition) is 3. The van der Waals surface area contributed by atoms with Crippen LogP contribution >= 0.6 is 15.9 Å². The molecule has 3 N–H and O–H groups in total. The lowest BCUT2D eigenvalue weighted by molar-refractivity contribution is 0.527. The number of aryl methyl sites for hydroxylation is 3. The monoisotopic (exact) mass is 336 g/mol. The maximum absolute atomic E-state index is 5.76. The lowest BCUT2D eigenvalue weighted by Gasteiger charge is -2.18. The number of nitrogens with two attached hydrogens (primary N) is 1. The lowest BCUT2D eigenvalue weighted by atomic mass is 9.98. The van der Waals surface area contributed by atoms with Crippen LogP contribution in [-0.4, -0.2) is 9.78 Å². The molecule has 1 unspecified atom stereocenters. The fraction of sp³-hybridized carbons (Fsp3) is 0.400. The summed E-state index contributed by atoms with van der Waals surface area (Å²) in [4.78, 5) is 0. The van der Waals surface area contributed by atoms with E-state index in [1.54, 1.807) is 0 Å². The average molecular weight is 337 g/mol. The molecule has 0 spiro atoms. The molecule has 1 atom stereocenters. The van der Waals surface area contributed by atoms with E-state index in [0.717, 1.165) is 23.0 Å². The van der Waals surface area contributed by atoms with Gasteiger partial charge in [-0.3, -0.25) is 16.0 Å². The van der Waals surface area contributed by atoms with Gasteiger partial charge in [-0.1, -0.05) is 28.9 Å². The molecular formula is C15H21BrN4. The number of aromatic nitrogens is 2. The standard InChI is InChI=1S/C15H21BrN4/c1-4-12-8-13(20(3)19-12)9-15(18-17)14-6-5-11(16)7-10(14)2/h5-8,15,18H,4,9,17H2,1-3H3. The first-order valence-electron chi connectivity index (χ1n) is 6.79. The molecule has 0 saturated heterocycles. The Kier molecular flexibility index (Phi) is 4.96. The van der Waals surface area contributed by atoms with Crippen molar-refractivity contribution in [1.29, 1.82) is 0 Å². The Balaban J connectivity index is 2.26. The zero-order chi connectivity index (χ0) is 14.7. The Hall–Kier alpha value is -1.17. The van der Waals surface area contributed by atoms with Crippen LogP contribution in [0.15, 0.2) is 28.7 Å². The molecule has 1 aromatic carbocycles. The molecule has 0 saturated carbocycles. The second kappa shape index (κ2) is 6.52. The number of nitrogens with one attached hydrogen (secondary N) is 1. The summed E-state index contributed by atoms with van der Waals surface area (Å²) in [6.07, 6.45) is 1.77. The maximum atomic E-state index is 5.76. The van der Waals surface area contributed by atoms with Gasteiger partial charge in [-0.15, -0.1) is 0 Å². The van der Waals surface area contributed by atoms with Crippen molar-refractivity contribution >= 4 is 15.9 Å². The van der Waals surface area contributed by atoms with E-state index >= 15 is 0 Å². The fourth-order valence-electron chi connectivity index (χ4n) is 2.43. The zero-order valence-corrected chi connectivity index (χ0v) is 13.7. The molecule has 1 aromatic heterocycles. The Morgan fingerprint density at radius 2 is 2.15 bits per heavy atom. The van der Waals surface area contributed by atoms with Crippen LogP contribution in [0.25, 0.3) is 0 Å². The van der Waals surface area contributed by atoms with Gasteiger partial charge in [0.15, 0.2) is 0 Å². The number of hydrazine groups is 1. The summed E-state index contributed by atoms with van der Waals surface area (Å²) in [6, 6.07) is 8.51. The zero-order valence-electron chi connectivity index (χ0n) is 12.2. The highest BCUT2D eigenvalue weighted by Gasteiger charge is 2.16. The molecule has 5 heteroatoms. The third kappa shape index (κ3) is 3.29. The van der Waals surface area contributed by atoms with E-state index in [1.165, 1.54) is 16.8 Å². The minimum Gasteiger partial charge on any atom is -0.272 e. The van der Waals surface area contributed by atoms with E-state index in [2.05, 4.69) is 58.5 Å². The second-order valence-corrected chi connectivity index (χ2v) is 5.94. The minimum atomic E-state index is 0.0863. The number of halogens is 1. The molecule has 0 aliphatic heterocycles. The van der Waals surface area contributed by atoms with Crippen LogP contribution in [0.1, 0.15) is 35.5 Å². The molecule has 0 fully saturated rings. The first kappa shape index (κ1) is 15.2. The summed E-state index contributed by atoms with van der Waals surface area (Å²) >= 11 is 3.49. The van der Waals surface area contributed by atoms with Crippen molar-refractivity contribution in [2.75, 3.05) is 0 Å². The van der Waals surface area contributed by atoms with Crippen LogP contribution in [0.5, 0.6) is 0 Å². The molecular weight excluding hydrogens is 316 g/mol. The first-order chi connectivity index (χ1) is 9.55. The number of benzene rings is 1. The van der Waals surface area contributed by atoms with Gasteiger partial charge >= 0.3 is 0 Å². The third-order valence-electron chi connectivity index (χ3n) is 3.61. The summed E-state index contributed by atoms with van der Waals surface area (Å²) in [5.41, 5.74) is 7.67. The van der Waals surface area contributed by atoms with Gasteiger partial charge in [-0.25, -0.2) is 0 Å². The number of nitrogens with zero attached hydrogens (tertiary/aromatic N) is 2. The van der Waals surface area contributed by atoms with Crippen LogP contribution in [0.2, 0.25) is 0 Å². The van der Waals surface area contributed by atoms with Crippen molar-refractivity contribution in [3.05, 3.63) is 51.3 Å². The Morgan fingerprint density at radius 3 is 2.70 bits per heavy atom. The normalized spacial score (nSPS) is 12.7. The van der Waals surface area contributed by atoms with E-state index in [1.807, 2.05) is 17.8 Å². The van der Waals surface area contributed by atoms with Crippen LogP contribution < -0.4 is 11.3 Å². The Morgan fingerprint density at radius 1 is 1.40 bits per heavy atom. The molecule has 0 aliphatic rings. The van der Waals surface area contributed by atoms with Gasteiger partial charge in [0, 0.05) is 23.6 Å². The molecule has 0 radical (unpaired) electrons. The van der Waals surface area contributed by atoms with Crippen molar-refractivity contribution in [2.45, 2.75) is 32.7 Å². The average Bonchev–Trinajstić information content (AvgIpc) is 2.77. The third-order valence-corrected chi connectivity index (χ3v) is 4.10. The molecule has 108 valence electrons.